The molecule has 6 nitrogen and oxygen atoms in total. The van der Waals surface area contributed by atoms with Gasteiger partial charge in [0, 0.05) is 11.3 Å². The van der Waals surface area contributed by atoms with Crippen LogP contribution in [0.1, 0.15) is 19.8 Å². The number of tetrazole rings is 1. The van der Waals surface area contributed by atoms with E-state index in [9.17, 15) is 0 Å². The van der Waals surface area contributed by atoms with Gasteiger partial charge in [-0.2, -0.15) is 16.3 Å². The first-order valence-electron chi connectivity index (χ1n) is 5.67. The summed E-state index contributed by atoms with van der Waals surface area (Å²) in [6.07, 6.45) is 5.96. The Hall–Kier alpha value is -1.37. The van der Waals surface area contributed by atoms with Gasteiger partial charge in [-0.3, -0.25) is 4.98 Å². The van der Waals surface area contributed by atoms with E-state index in [-0.39, 0.29) is 0 Å². The van der Waals surface area contributed by atoms with E-state index < -0.39 is 0 Å². The van der Waals surface area contributed by atoms with Gasteiger partial charge in [0.2, 0.25) is 0 Å². The average Bonchev–Trinajstić information content (AvgIpc) is 2.95. The summed E-state index contributed by atoms with van der Waals surface area (Å²) in [5, 5.41) is 14.8. The maximum Gasteiger partial charge on any atom is 0.199 e. The van der Waals surface area contributed by atoms with Gasteiger partial charge >= 0.3 is 0 Å². The summed E-state index contributed by atoms with van der Waals surface area (Å²) >= 11 is 2.03. The molecule has 2 aromatic heterocycles. The molecule has 0 amide bonds. The lowest BCUT2D eigenvalue weighted by Crippen LogP contribution is -2.27. The third kappa shape index (κ3) is 2.06. The Bertz CT molecular complexity index is 518. The number of thioether (sulfide) groups is 1. The molecule has 1 N–H and O–H groups in total. The van der Waals surface area contributed by atoms with Crippen molar-refractivity contribution in [2.24, 2.45) is 0 Å². The smallest absolute Gasteiger partial charge is 0.199 e. The predicted octanol–water partition coefficient (Wildman–Crippen LogP) is 1.22. The van der Waals surface area contributed by atoms with Gasteiger partial charge in [-0.1, -0.05) is 0 Å². The first kappa shape index (κ1) is 10.8. The monoisotopic (exact) mass is 250 g/mol. The lowest BCUT2D eigenvalue weighted by Gasteiger charge is -2.23. The topological polar surface area (TPSA) is 68.0 Å². The van der Waals surface area contributed by atoms with E-state index >= 15 is 0 Å². The van der Waals surface area contributed by atoms with Gasteiger partial charge in [-0.05, 0) is 35.9 Å². The van der Waals surface area contributed by atoms with Crippen molar-refractivity contribution >= 4 is 23.2 Å². The van der Waals surface area contributed by atoms with Crippen molar-refractivity contribution in [2.75, 3.05) is 17.6 Å². The Morgan fingerprint density at radius 3 is 3.29 bits per heavy atom. The van der Waals surface area contributed by atoms with E-state index in [2.05, 4.69) is 32.7 Å². The molecular formula is C10H14N6S. The van der Waals surface area contributed by atoms with Crippen molar-refractivity contribution in [1.29, 1.82) is 0 Å². The molecule has 0 radical (unpaired) electrons. The molecule has 1 aliphatic rings. The zero-order chi connectivity index (χ0) is 11.7. The van der Waals surface area contributed by atoms with Crippen LogP contribution < -0.4 is 5.32 Å². The number of aromatic nitrogens is 5. The van der Waals surface area contributed by atoms with Gasteiger partial charge in [0.25, 0.3) is 0 Å². The number of rotatable bonds is 3. The van der Waals surface area contributed by atoms with Gasteiger partial charge in [0.05, 0.1) is 12.4 Å². The third-order valence-corrected chi connectivity index (χ3v) is 4.59. The molecule has 0 aromatic carbocycles. The zero-order valence-corrected chi connectivity index (χ0v) is 10.4. The lowest BCUT2D eigenvalue weighted by atomic mass is 10.1. The number of anilines is 1. The van der Waals surface area contributed by atoms with E-state index in [0.29, 0.717) is 10.4 Å². The molecule has 3 rings (SSSR count). The predicted molar refractivity (Wildman–Crippen MR) is 67.2 cm³/mol. The second kappa shape index (κ2) is 4.14. The molecule has 1 fully saturated rings. The number of hydrogen-bond acceptors (Lipinski definition) is 6. The molecule has 0 aliphatic carbocycles. The molecule has 2 aromatic rings. The highest BCUT2D eigenvalue weighted by Gasteiger charge is 2.29. The fourth-order valence-corrected chi connectivity index (χ4v) is 3.29. The van der Waals surface area contributed by atoms with E-state index in [1.54, 1.807) is 16.9 Å². The van der Waals surface area contributed by atoms with Gasteiger partial charge in [-0.25, -0.2) is 0 Å². The van der Waals surface area contributed by atoms with Crippen molar-refractivity contribution in [3.05, 3.63) is 12.4 Å². The fourth-order valence-electron chi connectivity index (χ4n) is 2.05. The minimum absolute atomic E-state index is 0.316. The molecular weight excluding hydrogens is 236 g/mol. The van der Waals surface area contributed by atoms with E-state index in [0.717, 1.165) is 12.4 Å². The highest BCUT2D eigenvalue weighted by atomic mass is 32.2. The Morgan fingerprint density at radius 1 is 1.53 bits per heavy atom. The van der Waals surface area contributed by atoms with Crippen LogP contribution in [-0.4, -0.2) is 42.1 Å². The molecule has 3 heterocycles. The Kier molecular flexibility index (Phi) is 2.62. The largest absolute Gasteiger partial charge is 0.367 e. The van der Waals surface area contributed by atoms with Crippen LogP contribution >= 0.6 is 11.8 Å². The summed E-state index contributed by atoms with van der Waals surface area (Å²) in [7, 11) is 0. The van der Waals surface area contributed by atoms with Crippen molar-refractivity contribution in [3.63, 3.8) is 0 Å². The van der Waals surface area contributed by atoms with Gasteiger partial charge < -0.3 is 5.32 Å². The highest BCUT2D eigenvalue weighted by Crippen LogP contribution is 2.37. The average molecular weight is 250 g/mol. The number of hydrogen-bond donors (Lipinski definition) is 1. The summed E-state index contributed by atoms with van der Waals surface area (Å²) in [6.45, 7) is 3.21. The maximum absolute atomic E-state index is 4.12. The van der Waals surface area contributed by atoms with Crippen LogP contribution in [0.3, 0.4) is 0 Å². The van der Waals surface area contributed by atoms with E-state index in [4.69, 9.17) is 0 Å². The maximum atomic E-state index is 4.12. The van der Waals surface area contributed by atoms with Crippen LogP contribution in [0.5, 0.6) is 0 Å². The fraction of sp³-hybridized carbons (Fsp3) is 0.600. The van der Waals surface area contributed by atoms with Crippen LogP contribution in [0, 0.1) is 0 Å². The summed E-state index contributed by atoms with van der Waals surface area (Å²) < 4.78 is 1.99. The Morgan fingerprint density at radius 2 is 2.47 bits per heavy atom. The summed E-state index contributed by atoms with van der Waals surface area (Å²) in [6, 6.07) is 0. The number of nitrogens with one attached hydrogen (secondary N) is 1. The minimum atomic E-state index is 0.316. The quantitative estimate of drug-likeness (QED) is 0.883. The SMILES string of the molecule is CC1(CNc2cncc3nnnn23)CCCS1. The van der Waals surface area contributed by atoms with Crippen LogP contribution in [0.2, 0.25) is 0 Å². The first-order chi connectivity index (χ1) is 8.27. The molecule has 0 spiro atoms. The van der Waals surface area contributed by atoms with Crippen LogP contribution in [0.25, 0.3) is 5.65 Å². The van der Waals surface area contributed by atoms with Crippen LogP contribution in [0.4, 0.5) is 5.82 Å². The normalized spacial score (nSPS) is 24.3. The van der Waals surface area contributed by atoms with Crippen molar-refractivity contribution < 1.29 is 0 Å². The molecule has 1 atom stereocenters. The first-order valence-corrected chi connectivity index (χ1v) is 6.65. The number of nitrogens with zero attached hydrogens (tertiary/aromatic N) is 5. The molecule has 1 saturated heterocycles. The summed E-state index contributed by atoms with van der Waals surface area (Å²) in [5.74, 6) is 2.10. The van der Waals surface area contributed by atoms with Crippen molar-refractivity contribution in [2.45, 2.75) is 24.5 Å². The zero-order valence-electron chi connectivity index (χ0n) is 9.63. The molecule has 1 aliphatic heterocycles. The summed E-state index contributed by atoms with van der Waals surface area (Å²) in [5.41, 5.74) is 0.666. The molecule has 1 unspecified atom stereocenters. The van der Waals surface area contributed by atoms with Crippen LogP contribution in [0.15, 0.2) is 12.4 Å². The second-order valence-corrected chi connectivity index (χ2v) is 6.18. The molecule has 90 valence electrons. The number of fused-ring (bicyclic) bond motifs is 1. The minimum Gasteiger partial charge on any atom is -0.367 e. The van der Waals surface area contributed by atoms with Gasteiger partial charge in [0.1, 0.15) is 5.82 Å². The second-order valence-electron chi connectivity index (χ2n) is 4.50. The third-order valence-electron chi connectivity index (χ3n) is 3.05. The van der Waals surface area contributed by atoms with Crippen molar-refractivity contribution in [3.8, 4) is 0 Å². The van der Waals surface area contributed by atoms with Crippen LogP contribution in [-0.2, 0) is 0 Å². The Balaban J connectivity index is 1.78. The highest BCUT2D eigenvalue weighted by molar-refractivity contribution is 8.00. The van der Waals surface area contributed by atoms with E-state index in [1.165, 1.54) is 18.6 Å². The van der Waals surface area contributed by atoms with Gasteiger partial charge in [-0.15, -0.1) is 5.10 Å². The molecule has 0 bridgehead atoms. The van der Waals surface area contributed by atoms with Crippen molar-refractivity contribution in [1.82, 2.24) is 25.0 Å². The summed E-state index contributed by atoms with van der Waals surface area (Å²) in [4.78, 5) is 4.12. The Labute approximate surface area is 103 Å². The van der Waals surface area contributed by atoms with E-state index in [1.807, 2.05) is 11.8 Å². The molecule has 7 heteroatoms. The lowest BCUT2D eigenvalue weighted by molar-refractivity contribution is 0.631. The van der Waals surface area contributed by atoms with Gasteiger partial charge in [0.15, 0.2) is 5.65 Å². The molecule has 17 heavy (non-hydrogen) atoms. The standard InChI is InChI=1S/C10H14N6S/c1-10(3-2-4-17-10)7-12-8-5-11-6-9-13-14-15-16(8)9/h5-6,12H,2-4,7H2,1H3. The molecule has 0 saturated carbocycles.